The number of halogens is 1. The molecule has 0 spiro atoms. The van der Waals surface area contributed by atoms with E-state index in [-0.39, 0.29) is 15.6 Å². The molecular weight excluding hydrogens is 280 g/mol. The van der Waals surface area contributed by atoms with E-state index in [1.165, 1.54) is 12.1 Å². The summed E-state index contributed by atoms with van der Waals surface area (Å²) >= 11 is 5.79. The van der Waals surface area contributed by atoms with Crippen LogP contribution in [-0.2, 0) is 10.0 Å². The van der Waals surface area contributed by atoms with Crippen LogP contribution in [0.1, 0.15) is 19.8 Å². The molecule has 1 aromatic carbocycles. The number of nitrogens with zero attached hydrogens (tertiary/aromatic N) is 1. The summed E-state index contributed by atoms with van der Waals surface area (Å²) in [6.07, 6.45) is 1.50. The fraction of sp³-hybridized carbons (Fsp3) is 0.400. The smallest absolute Gasteiger partial charge is 0.258 e. The number of nitro benzene ring substituents is 1. The molecule has 1 aromatic rings. The molecule has 0 amide bonds. The number of benzene rings is 1. The van der Waals surface area contributed by atoms with Crippen LogP contribution in [0, 0.1) is 10.1 Å². The molecule has 1 aliphatic rings. The Morgan fingerprint density at radius 2 is 2.06 bits per heavy atom. The first-order valence-corrected chi connectivity index (χ1v) is 7.08. The van der Waals surface area contributed by atoms with Crippen molar-refractivity contribution in [1.29, 1.82) is 0 Å². The van der Waals surface area contributed by atoms with E-state index in [0.29, 0.717) is 0 Å². The second-order valence-electron chi connectivity index (χ2n) is 4.54. The van der Waals surface area contributed by atoms with Crippen LogP contribution in [0.4, 0.5) is 5.69 Å². The average molecular weight is 291 g/mol. The van der Waals surface area contributed by atoms with Gasteiger partial charge in [0.1, 0.15) is 4.90 Å². The summed E-state index contributed by atoms with van der Waals surface area (Å²) < 4.78 is 26.6. The standard InChI is InChI=1S/C10H11ClN2O4S/c1-10(4-5-10)12-18(16,17)9-6-7(13(14)15)2-3-8(9)11/h2-3,6,12H,4-5H2,1H3. The molecule has 2 rings (SSSR count). The third kappa shape index (κ3) is 2.63. The minimum Gasteiger partial charge on any atom is -0.258 e. The molecule has 1 fully saturated rings. The van der Waals surface area contributed by atoms with Crippen LogP contribution >= 0.6 is 11.6 Å². The molecule has 1 aliphatic carbocycles. The van der Waals surface area contributed by atoms with Crippen molar-refractivity contribution in [3.8, 4) is 0 Å². The molecule has 0 unspecified atom stereocenters. The molecule has 0 aromatic heterocycles. The highest BCUT2D eigenvalue weighted by molar-refractivity contribution is 7.89. The number of hydrogen-bond donors (Lipinski definition) is 1. The molecule has 18 heavy (non-hydrogen) atoms. The zero-order chi connectivity index (χ0) is 13.6. The average Bonchev–Trinajstić information content (AvgIpc) is 2.94. The number of sulfonamides is 1. The Bertz CT molecular complexity index is 610. The zero-order valence-electron chi connectivity index (χ0n) is 9.51. The van der Waals surface area contributed by atoms with E-state index in [1.54, 1.807) is 6.92 Å². The summed E-state index contributed by atoms with van der Waals surface area (Å²) in [4.78, 5) is 9.72. The Balaban J connectivity index is 2.43. The van der Waals surface area contributed by atoms with Crippen molar-refractivity contribution in [2.24, 2.45) is 0 Å². The quantitative estimate of drug-likeness (QED) is 0.679. The summed E-state index contributed by atoms with van der Waals surface area (Å²) in [6.45, 7) is 1.77. The first kappa shape index (κ1) is 13.3. The van der Waals surface area contributed by atoms with Gasteiger partial charge in [-0.15, -0.1) is 0 Å². The highest BCUT2D eigenvalue weighted by Crippen LogP contribution is 2.37. The van der Waals surface area contributed by atoms with Gasteiger partial charge in [-0.3, -0.25) is 10.1 Å². The maximum Gasteiger partial charge on any atom is 0.270 e. The Kier molecular flexibility index (Phi) is 3.08. The Labute approximate surface area is 109 Å². The van der Waals surface area contributed by atoms with Crippen LogP contribution < -0.4 is 4.72 Å². The first-order valence-electron chi connectivity index (χ1n) is 5.21. The van der Waals surface area contributed by atoms with Crippen molar-refractivity contribution in [3.63, 3.8) is 0 Å². The molecule has 0 heterocycles. The van der Waals surface area contributed by atoms with Crippen LogP contribution in [0.3, 0.4) is 0 Å². The Morgan fingerprint density at radius 3 is 2.56 bits per heavy atom. The third-order valence-corrected chi connectivity index (χ3v) is 4.92. The number of hydrogen-bond acceptors (Lipinski definition) is 4. The molecule has 98 valence electrons. The first-order chi connectivity index (χ1) is 8.23. The predicted molar refractivity (Wildman–Crippen MR) is 66.1 cm³/mol. The largest absolute Gasteiger partial charge is 0.270 e. The molecule has 1 saturated carbocycles. The van der Waals surface area contributed by atoms with Crippen molar-refractivity contribution < 1.29 is 13.3 Å². The molecule has 0 saturated heterocycles. The lowest BCUT2D eigenvalue weighted by Crippen LogP contribution is -2.34. The summed E-state index contributed by atoms with van der Waals surface area (Å²) in [7, 11) is -3.83. The van der Waals surface area contributed by atoms with E-state index in [1.807, 2.05) is 0 Å². The summed E-state index contributed by atoms with van der Waals surface area (Å²) in [6, 6.07) is 3.35. The maximum absolute atomic E-state index is 12.1. The SMILES string of the molecule is CC1(NS(=O)(=O)c2cc([N+](=O)[O-])ccc2Cl)CC1. The molecule has 0 radical (unpaired) electrons. The lowest BCUT2D eigenvalue weighted by Gasteiger charge is -2.12. The lowest BCUT2D eigenvalue weighted by atomic mass is 10.3. The van der Waals surface area contributed by atoms with Gasteiger partial charge in [-0.05, 0) is 25.8 Å². The van der Waals surface area contributed by atoms with E-state index >= 15 is 0 Å². The zero-order valence-corrected chi connectivity index (χ0v) is 11.1. The second kappa shape index (κ2) is 4.18. The van der Waals surface area contributed by atoms with Gasteiger partial charge in [0.15, 0.2) is 0 Å². The number of nitrogens with one attached hydrogen (secondary N) is 1. The van der Waals surface area contributed by atoms with Crippen molar-refractivity contribution in [3.05, 3.63) is 33.3 Å². The van der Waals surface area contributed by atoms with E-state index in [2.05, 4.69) is 4.72 Å². The molecule has 0 aliphatic heterocycles. The number of nitro groups is 1. The fourth-order valence-corrected chi connectivity index (χ4v) is 3.47. The third-order valence-electron chi connectivity index (χ3n) is 2.80. The van der Waals surface area contributed by atoms with Gasteiger partial charge in [0, 0.05) is 17.7 Å². The summed E-state index contributed by atoms with van der Waals surface area (Å²) in [5.41, 5.74) is -0.756. The molecule has 0 bridgehead atoms. The number of rotatable bonds is 4. The van der Waals surface area contributed by atoms with Crippen LogP contribution in [-0.4, -0.2) is 18.9 Å². The molecular formula is C10H11ClN2O4S. The van der Waals surface area contributed by atoms with Crippen LogP contribution in [0.25, 0.3) is 0 Å². The van der Waals surface area contributed by atoms with Gasteiger partial charge in [-0.2, -0.15) is 0 Å². The monoisotopic (exact) mass is 290 g/mol. The molecule has 6 nitrogen and oxygen atoms in total. The Hall–Kier alpha value is -1.18. The molecule has 0 atom stereocenters. The summed E-state index contributed by atoms with van der Waals surface area (Å²) in [5.74, 6) is 0. The van der Waals surface area contributed by atoms with Crippen molar-refractivity contribution in [2.45, 2.75) is 30.2 Å². The van der Waals surface area contributed by atoms with Gasteiger partial charge < -0.3 is 0 Å². The predicted octanol–water partition coefficient (Wildman–Crippen LogP) is 2.08. The number of non-ortho nitro benzene ring substituents is 1. The van der Waals surface area contributed by atoms with Gasteiger partial charge in [-0.1, -0.05) is 11.6 Å². The van der Waals surface area contributed by atoms with E-state index < -0.39 is 20.5 Å². The van der Waals surface area contributed by atoms with E-state index in [4.69, 9.17) is 11.6 Å². The minimum absolute atomic E-state index is 0.0302. The lowest BCUT2D eigenvalue weighted by molar-refractivity contribution is -0.385. The van der Waals surface area contributed by atoms with Crippen LogP contribution in [0.5, 0.6) is 0 Å². The van der Waals surface area contributed by atoms with Crippen molar-refractivity contribution in [2.75, 3.05) is 0 Å². The van der Waals surface area contributed by atoms with Crippen molar-refractivity contribution in [1.82, 2.24) is 4.72 Å². The highest BCUT2D eigenvalue weighted by atomic mass is 35.5. The van der Waals surface area contributed by atoms with Gasteiger partial charge in [0.2, 0.25) is 10.0 Å². The van der Waals surface area contributed by atoms with Crippen LogP contribution in [0.15, 0.2) is 23.1 Å². The maximum atomic E-state index is 12.1. The Morgan fingerprint density at radius 1 is 1.44 bits per heavy atom. The van der Waals surface area contributed by atoms with Gasteiger partial charge in [0.25, 0.3) is 5.69 Å². The van der Waals surface area contributed by atoms with E-state index in [9.17, 15) is 18.5 Å². The van der Waals surface area contributed by atoms with Crippen LogP contribution in [0.2, 0.25) is 5.02 Å². The van der Waals surface area contributed by atoms with Gasteiger partial charge in [0.05, 0.1) is 9.95 Å². The highest BCUT2D eigenvalue weighted by Gasteiger charge is 2.41. The van der Waals surface area contributed by atoms with E-state index in [0.717, 1.165) is 18.9 Å². The second-order valence-corrected chi connectivity index (χ2v) is 6.60. The summed E-state index contributed by atoms with van der Waals surface area (Å²) in [5, 5.41) is 10.6. The normalized spacial score (nSPS) is 17.4. The van der Waals surface area contributed by atoms with Gasteiger partial charge >= 0.3 is 0 Å². The topological polar surface area (TPSA) is 89.3 Å². The van der Waals surface area contributed by atoms with Gasteiger partial charge in [-0.25, -0.2) is 13.1 Å². The fourth-order valence-electron chi connectivity index (χ4n) is 1.48. The molecule has 1 N–H and O–H groups in total. The minimum atomic E-state index is -3.83. The molecule has 8 heteroatoms. The van der Waals surface area contributed by atoms with Crippen molar-refractivity contribution >= 4 is 27.3 Å².